The van der Waals surface area contributed by atoms with Gasteiger partial charge in [0.2, 0.25) is 0 Å². The van der Waals surface area contributed by atoms with Crippen molar-refractivity contribution in [2.24, 2.45) is 0 Å². The molecule has 0 spiro atoms. The molecule has 1 N–H and O–H groups in total. The van der Waals surface area contributed by atoms with Crippen LogP contribution in [0, 0.1) is 0 Å². The molecule has 98 valence electrons. The number of rotatable bonds is 4. The average Bonchev–Trinajstić information content (AvgIpc) is 2.95. The van der Waals surface area contributed by atoms with Gasteiger partial charge in [0.05, 0.1) is 6.42 Å². The zero-order valence-corrected chi connectivity index (χ0v) is 11.7. The number of hydrogen-bond donors (Lipinski definition) is 1. The van der Waals surface area contributed by atoms with Gasteiger partial charge in [0.15, 0.2) is 0 Å². The van der Waals surface area contributed by atoms with Crippen molar-refractivity contribution in [1.29, 1.82) is 0 Å². The van der Waals surface area contributed by atoms with Crippen molar-refractivity contribution in [1.82, 2.24) is 4.90 Å². The zero-order chi connectivity index (χ0) is 13.1. The molecule has 0 saturated carbocycles. The van der Waals surface area contributed by atoms with Crippen LogP contribution in [-0.2, 0) is 4.79 Å². The van der Waals surface area contributed by atoms with E-state index in [2.05, 4.69) is 0 Å². The Kier molecular flexibility index (Phi) is 4.29. The van der Waals surface area contributed by atoms with Crippen LogP contribution in [0.5, 0.6) is 0 Å². The second-order valence-electron chi connectivity index (χ2n) is 4.21. The number of hydrogen-bond acceptors (Lipinski definition) is 4. The minimum atomic E-state index is -0.837. The highest BCUT2D eigenvalue weighted by molar-refractivity contribution is 7.98. The van der Waals surface area contributed by atoms with E-state index in [-0.39, 0.29) is 18.4 Å². The first-order valence-corrected chi connectivity index (χ1v) is 7.88. The number of carboxylic acids is 1. The molecule has 1 unspecified atom stereocenters. The van der Waals surface area contributed by atoms with E-state index < -0.39 is 5.97 Å². The first-order chi connectivity index (χ1) is 8.63. The lowest BCUT2D eigenvalue weighted by molar-refractivity contribution is -0.137. The first kappa shape index (κ1) is 13.4. The Morgan fingerprint density at radius 3 is 3.06 bits per heavy atom. The Hall–Kier alpha value is -1.01. The summed E-state index contributed by atoms with van der Waals surface area (Å²) in [5.41, 5.74) is 0. The first-order valence-electron chi connectivity index (χ1n) is 5.77. The Morgan fingerprint density at radius 2 is 2.39 bits per heavy atom. The van der Waals surface area contributed by atoms with E-state index in [1.54, 1.807) is 16.7 Å². The largest absolute Gasteiger partial charge is 0.481 e. The maximum absolute atomic E-state index is 12.4. The fourth-order valence-corrected chi connectivity index (χ4v) is 3.96. The molecule has 0 bridgehead atoms. The van der Waals surface area contributed by atoms with Crippen LogP contribution in [0.1, 0.15) is 28.9 Å². The van der Waals surface area contributed by atoms with E-state index >= 15 is 0 Å². The molecular formula is C12H15NO3S2. The molecule has 1 atom stereocenters. The van der Waals surface area contributed by atoms with Gasteiger partial charge >= 0.3 is 5.97 Å². The lowest BCUT2D eigenvalue weighted by Crippen LogP contribution is -2.36. The lowest BCUT2D eigenvalue weighted by atomic mass is 10.1. The molecule has 2 rings (SSSR count). The number of amides is 1. The third kappa shape index (κ3) is 2.70. The van der Waals surface area contributed by atoms with Crippen LogP contribution in [0.3, 0.4) is 0 Å². The molecule has 0 aromatic carbocycles. The molecule has 1 saturated heterocycles. The number of thiophene rings is 1. The minimum Gasteiger partial charge on any atom is -0.481 e. The molecule has 18 heavy (non-hydrogen) atoms. The molecule has 6 heteroatoms. The van der Waals surface area contributed by atoms with Gasteiger partial charge in [-0.3, -0.25) is 9.59 Å². The quantitative estimate of drug-likeness (QED) is 0.864. The van der Waals surface area contributed by atoms with Crippen molar-refractivity contribution in [3.8, 4) is 0 Å². The van der Waals surface area contributed by atoms with Crippen LogP contribution in [0.2, 0.25) is 0 Å². The number of nitrogens with zero attached hydrogens (tertiary/aromatic N) is 1. The van der Waals surface area contributed by atoms with Crippen LogP contribution in [0.25, 0.3) is 0 Å². The van der Waals surface area contributed by atoms with Gasteiger partial charge in [0.1, 0.15) is 4.88 Å². The Morgan fingerprint density at radius 1 is 1.61 bits per heavy atom. The number of carboxylic acid groups (broad SMARTS) is 1. The highest BCUT2D eigenvalue weighted by Gasteiger charge is 2.32. The van der Waals surface area contributed by atoms with Crippen LogP contribution >= 0.6 is 23.1 Å². The third-order valence-corrected chi connectivity index (χ3v) is 4.90. The SMILES string of the molecule is CSc1ccsc1C(=O)N1CCCC1CC(=O)O. The normalized spacial score (nSPS) is 19.2. The summed E-state index contributed by atoms with van der Waals surface area (Å²) >= 11 is 2.98. The van der Waals surface area contributed by atoms with Crippen molar-refractivity contribution < 1.29 is 14.7 Å². The summed E-state index contributed by atoms with van der Waals surface area (Å²) < 4.78 is 0. The second-order valence-corrected chi connectivity index (χ2v) is 5.97. The minimum absolute atomic E-state index is 0.0156. The summed E-state index contributed by atoms with van der Waals surface area (Å²) in [4.78, 5) is 26.6. The van der Waals surface area contributed by atoms with Crippen molar-refractivity contribution >= 4 is 35.0 Å². The number of carbonyl (C=O) groups is 2. The van der Waals surface area contributed by atoms with Crippen molar-refractivity contribution in [2.45, 2.75) is 30.2 Å². The summed E-state index contributed by atoms with van der Waals surface area (Å²) in [6.45, 7) is 0.669. The second kappa shape index (κ2) is 5.75. The predicted octanol–water partition coefficient (Wildman–Crippen LogP) is 2.55. The molecule has 0 aliphatic carbocycles. The molecule has 4 nitrogen and oxygen atoms in total. The summed E-state index contributed by atoms with van der Waals surface area (Å²) in [7, 11) is 0. The molecule has 1 aliphatic rings. The van der Waals surface area contributed by atoms with E-state index in [9.17, 15) is 9.59 Å². The Labute approximate surface area is 114 Å². The van der Waals surface area contributed by atoms with Gasteiger partial charge in [-0.15, -0.1) is 23.1 Å². The summed E-state index contributed by atoms with van der Waals surface area (Å²) in [5.74, 6) is -0.853. The van der Waals surface area contributed by atoms with E-state index in [1.807, 2.05) is 17.7 Å². The standard InChI is InChI=1S/C12H15NO3S2/c1-17-9-4-6-18-11(9)12(16)13-5-2-3-8(13)7-10(14)15/h4,6,8H,2-3,5,7H2,1H3,(H,14,15). The van der Waals surface area contributed by atoms with E-state index in [0.717, 1.165) is 22.6 Å². The van der Waals surface area contributed by atoms with Crippen LogP contribution in [-0.4, -0.2) is 40.7 Å². The van der Waals surface area contributed by atoms with Gasteiger partial charge < -0.3 is 10.0 Å². The predicted molar refractivity (Wildman–Crippen MR) is 72.4 cm³/mol. The number of aliphatic carboxylic acids is 1. The van der Waals surface area contributed by atoms with Crippen molar-refractivity contribution in [2.75, 3.05) is 12.8 Å². The third-order valence-electron chi connectivity index (χ3n) is 3.09. The van der Waals surface area contributed by atoms with Crippen LogP contribution in [0.15, 0.2) is 16.3 Å². The molecular weight excluding hydrogens is 270 g/mol. The van der Waals surface area contributed by atoms with Gasteiger partial charge in [-0.25, -0.2) is 0 Å². The summed E-state index contributed by atoms with van der Waals surface area (Å²) in [6, 6.07) is 1.79. The van der Waals surface area contributed by atoms with E-state index in [1.165, 1.54) is 11.3 Å². The smallest absolute Gasteiger partial charge is 0.305 e. The van der Waals surface area contributed by atoms with E-state index in [4.69, 9.17) is 5.11 Å². The van der Waals surface area contributed by atoms with Crippen LogP contribution in [0.4, 0.5) is 0 Å². The maximum atomic E-state index is 12.4. The van der Waals surface area contributed by atoms with Gasteiger partial charge in [-0.1, -0.05) is 0 Å². The molecule has 1 aromatic heterocycles. The van der Waals surface area contributed by atoms with Gasteiger partial charge in [-0.05, 0) is 30.5 Å². The van der Waals surface area contributed by atoms with Gasteiger partial charge in [-0.2, -0.15) is 0 Å². The van der Waals surface area contributed by atoms with Crippen molar-refractivity contribution in [3.63, 3.8) is 0 Å². The maximum Gasteiger partial charge on any atom is 0.305 e. The highest BCUT2D eigenvalue weighted by Crippen LogP contribution is 2.30. The number of thioether (sulfide) groups is 1. The molecule has 1 amide bonds. The highest BCUT2D eigenvalue weighted by atomic mass is 32.2. The molecule has 1 aliphatic heterocycles. The fraction of sp³-hybridized carbons (Fsp3) is 0.500. The Balaban J connectivity index is 2.15. The fourth-order valence-electron chi connectivity index (χ4n) is 2.26. The monoisotopic (exact) mass is 285 g/mol. The molecule has 1 aromatic rings. The number of likely N-dealkylation sites (tertiary alicyclic amines) is 1. The summed E-state index contributed by atoms with van der Waals surface area (Å²) in [6.07, 6.45) is 3.67. The Bertz CT molecular complexity index is 458. The lowest BCUT2D eigenvalue weighted by Gasteiger charge is -2.23. The molecule has 2 heterocycles. The van der Waals surface area contributed by atoms with Gasteiger partial charge in [0, 0.05) is 17.5 Å². The topological polar surface area (TPSA) is 57.6 Å². The molecule has 1 fully saturated rings. The summed E-state index contributed by atoms with van der Waals surface area (Å²) in [5, 5.41) is 10.8. The zero-order valence-electron chi connectivity index (χ0n) is 10.1. The number of carbonyl (C=O) groups excluding carboxylic acids is 1. The average molecular weight is 285 g/mol. The molecule has 0 radical (unpaired) electrons. The van der Waals surface area contributed by atoms with E-state index in [0.29, 0.717) is 6.54 Å². The van der Waals surface area contributed by atoms with Crippen molar-refractivity contribution in [3.05, 3.63) is 16.3 Å². The van der Waals surface area contributed by atoms with Gasteiger partial charge in [0.25, 0.3) is 5.91 Å². The van der Waals surface area contributed by atoms with Crippen LogP contribution < -0.4 is 0 Å².